The number of ether oxygens (including phenoxy) is 1. The maximum Gasteiger partial charge on any atom is 0.325 e. The summed E-state index contributed by atoms with van der Waals surface area (Å²) in [7, 11) is 2.11. The maximum atomic E-state index is 14.6. The highest BCUT2D eigenvalue weighted by Crippen LogP contribution is 2.39. The predicted molar refractivity (Wildman–Crippen MR) is 129 cm³/mol. The van der Waals surface area contributed by atoms with Gasteiger partial charge in [0.15, 0.2) is 11.6 Å². The quantitative estimate of drug-likeness (QED) is 0.393. The van der Waals surface area contributed by atoms with Crippen LogP contribution in [-0.2, 0) is 0 Å². The molecule has 0 spiro atoms. The van der Waals surface area contributed by atoms with Crippen LogP contribution in [0.25, 0.3) is 10.9 Å². The Labute approximate surface area is 196 Å². The van der Waals surface area contributed by atoms with Gasteiger partial charge in [0.05, 0.1) is 5.52 Å². The largest absolute Gasteiger partial charge is 0.424 e. The molecule has 9 nitrogen and oxygen atoms in total. The molecule has 4 aromatic rings. The van der Waals surface area contributed by atoms with E-state index in [9.17, 15) is 4.39 Å². The number of hydrogen-bond donors (Lipinski definition) is 3. The van der Waals surface area contributed by atoms with Gasteiger partial charge in [0.1, 0.15) is 17.4 Å². The van der Waals surface area contributed by atoms with Crippen LogP contribution in [0.1, 0.15) is 30.1 Å². The molecule has 1 aliphatic heterocycles. The number of halogens is 1. The van der Waals surface area contributed by atoms with Gasteiger partial charge in [-0.05, 0) is 38.9 Å². The Balaban J connectivity index is 1.32. The second-order valence-electron chi connectivity index (χ2n) is 9.22. The van der Waals surface area contributed by atoms with E-state index >= 15 is 0 Å². The zero-order valence-corrected chi connectivity index (χ0v) is 19.2. The van der Waals surface area contributed by atoms with Crippen LogP contribution in [0.2, 0.25) is 0 Å². The molecule has 0 amide bonds. The molecular weight excluding hydrogens is 435 g/mol. The number of benzene rings is 1. The summed E-state index contributed by atoms with van der Waals surface area (Å²) >= 11 is 0. The zero-order chi connectivity index (χ0) is 23.2. The number of hydrogen-bond acceptors (Lipinski definition) is 7. The molecule has 1 saturated carbocycles. The molecule has 2 aliphatic rings. The lowest BCUT2D eigenvalue weighted by Crippen LogP contribution is -2.44. The average Bonchev–Trinajstić information content (AvgIpc) is 3.43. The van der Waals surface area contributed by atoms with Gasteiger partial charge in [-0.25, -0.2) is 4.39 Å². The lowest BCUT2D eigenvalue weighted by molar-refractivity contribution is 0.311. The Morgan fingerprint density at radius 2 is 1.85 bits per heavy atom. The summed E-state index contributed by atoms with van der Waals surface area (Å²) in [5, 5.41) is 11.5. The van der Waals surface area contributed by atoms with Crippen molar-refractivity contribution in [3.05, 3.63) is 47.5 Å². The van der Waals surface area contributed by atoms with Crippen LogP contribution in [0.3, 0.4) is 0 Å². The fourth-order valence-electron chi connectivity index (χ4n) is 4.33. The number of likely N-dealkylation sites (N-methyl/N-ethyl adjacent to an activating group) is 1. The van der Waals surface area contributed by atoms with E-state index in [-0.39, 0.29) is 11.8 Å². The highest BCUT2D eigenvalue weighted by molar-refractivity contribution is 5.82. The Morgan fingerprint density at radius 3 is 2.65 bits per heavy atom. The molecule has 0 unspecified atom stereocenters. The van der Waals surface area contributed by atoms with E-state index in [1.54, 1.807) is 6.07 Å². The van der Waals surface area contributed by atoms with Gasteiger partial charge in [0.2, 0.25) is 0 Å². The fourth-order valence-corrected chi connectivity index (χ4v) is 4.33. The van der Waals surface area contributed by atoms with Crippen LogP contribution in [0, 0.1) is 12.7 Å². The molecular formula is C24H27FN8O. The minimum atomic E-state index is -0.377. The number of anilines is 3. The molecule has 1 aliphatic carbocycles. The van der Waals surface area contributed by atoms with Crippen LogP contribution in [0.4, 0.5) is 21.8 Å². The van der Waals surface area contributed by atoms with Gasteiger partial charge in [0.25, 0.3) is 0 Å². The molecule has 3 N–H and O–H groups in total. The molecule has 3 aromatic heterocycles. The van der Waals surface area contributed by atoms with Crippen molar-refractivity contribution in [1.82, 2.24) is 30.0 Å². The fraction of sp³-hybridized carbons (Fsp3) is 0.375. The predicted octanol–water partition coefficient (Wildman–Crippen LogP) is 4.29. The number of H-pyrrole nitrogens is 2. The van der Waals surface area contributed by atoms with Crippen molar-refractivity contribution in [2.75, 3.05) is 43.4 Å². The van der Waals surface area contributed by atoms with Crippen molar-refractivity contribution in [2.45, 2.75) is 25.7 Å². The second-order valence-corrected chi connectivity index (χ2v) is 9.22. The molecule has 1 aromatic carbocycles. The van der Waals surface area contributed by atoms with Crippen molar-refractivity contribution >= 4 is 28.4 Å². The molecule has 176 valence electrons. The van der Waals surface area contributed by atoms with Gasteiger partial charge in [-0.2, -0.15) is 15.1 Å². The first kappa shape index (κ1) is 20.9. The smallest absolute Gasteiger partial charge is 0.325 e. The number of nitrogens with one attached hydrogen (secondary N) is 3. The molecule has 34 heavy (non-hydrogen) atoms. The Morgan fingerprint density at radius 1 is 1.03 bits per heavy atom. The molecule has 0 bridgehead atoms. The Bertz CT molecular complexity index is 1340. The van der Waals surface area contributed by atoms with Gasteiger partial charge in [-0.3, -0.25) is 5.10 Å². The van der Waals surface area contributed by atoms with Crippen LogP contribution < -0.4 is 15.0 Å². The maximum absolute atomic E-state index is 14.6. The summed E-state index contributed by atoms with van der Waals surface area (Å²) in [6, 6.07) is 9.11. The molecule has 4 heterocycles. The first-order valence-corrected chi connectivity index (χ1v) is 11.6. The molecule has 10 heteroatoms. The van der Waals surface area contributed by atoms with Gasteiger partial charge in [-0.1, -0.05) is 0 Å². The number of piperazine rings is 1. The van der Waals surface area contributed by atoms with Crippen LogP contribution >= 0.6 is 0 Å². The normalized spacial score (nSPS) is 16.9. The van der Waals surface area contributed by atoms with Gasteiger partial charge in [0, 0.05) is 67.1 Å². The summed E-state index contributed by atoms with van der Waals surface area (Å²) in [4.78, 5) is 16.7. The second kappa shape index (κ2) is 8.28. The van der Waals surface area contributed by atoms with E-state index in [0.29, 0.717) is 28.8 Å². The van der Waals surface area contributed by atoms with Crippen molar-refractivity contribution in [3.8, 4) is 11.8 Å². The Kier molecular flexibility index (Phi) is 5.09. The minimum Gasteiger partial charge on any atom is -0.424 e. The highest BCUT2D eigenvalue weighted by Gasteiger charge is 2.26. The van der Waals surface area contributed by atoms with Crippen LogP contribution in [0.15, 0.2) is 30.3 Å². The van der Waals surface area contributed by atoms with Gasteiger partial charge < -0.3 is 24.8 Å². The van der Waals surface area contributed by atoms with Crippen molar-refractivity contribution in [3.63, 3.8) is 0 Å². The van der Waals surface area contributed by atoms with E-state index in [0.717, 1.165) is 48.8 Å². The van der Waals surface area contributed by atoms with E-state index in [2.05, 4.69) is 47.3 Å². The van der Waals surface area contributed by atoms with E-state index in [1.165, 1.54) is 18.9 Å². The Hall–Kier alpha value is -3.66. The summed E-state index contributed by atoms with van der Waals surface area (Å²) in [5.74, 6) is 2.59. The lowest BCUT2D eigenvalue weighted by Gasteiger charge is -2.33. The first-order chi connectivity index (χ1) is 16.5. The number of nitrogens with zero attached hydrogens (tertiary/aromatic N) is 5. The third-order valence-electron chi connectivity index (χ3n) is 6.39. The molecule has 6 rings (SSSR count). The third kappa shape index (κ3) is 4.28. The van der Waals surface area contributed by atoms with Crippen molar-refractivity contribution in [2.24, 2.45) is 0 Å². The number of aromatic nitrogens is 5. The number of fused-ring (bicyclic) bond motifs is 1. The molecule has 0 radical (unpaired) electrons. The van der Waals surface area contributed by atoms with E-state index in [1.807, 2.05) is 25.1 Å². The topological polar surface area (TPSA) is 98.0 Å². The zero-order valence-electron chi connectivity index (χ0n) is 19.2. The summed E-state index contributed by atoms with van der Waals surface area (Å²) in [6.45, 7) is 5.49. The summed E-state index contributed by atoms with van der Waals surface area (Å²) < 4.78 is 20.6. The standard InChI is InChI=1S/C24H27FN8O/c1-14-9-16-10-17(11-18(25)23(16)26-14)34-24-28-20(27-21-12-19(30-31-21)15-3-4-15)13-22(29-24)33-7-5-32(2)6-8-33/h9-13,15,26H,3-8H2,1-2H3,(H2,27,28,29,30,31). The molecule has 0 atom stereocenters. The van der Waals surface area contributed by atoms with Crippen molar-refractivity contribution in [1.29, 1.82) is 0 Å². The first-order valence-electron chi connectivity index (χ1n) is 11.6. The van der Waals surface area contributed by atoms with Gasteiger partial charge in [-0.15, -0.1) is 0 Å². The lowest BCUT2D eigenvalue weighted by atomic mass is 10.2. The van der Waals surface area contributed by atoms with E-state index < -0.39 is 0 Å². The summed E-state index contributed by atoms with van der Waals surface area (Å²) in [6.07, 6.45) is 2.39. The number of aryl methyl sites for hydroxylation is 1. The minimum absolute atomic E-state index is 0.155. The van der Waals surface area contributed by atoms with Crippen molar-refractivity contribution < 1.29 is 9.13 Å². The number of rotatable bonds is 6. The summed E-state index contributed by atoms with van der Waals surface area (Å²) in [5.41, 5.74) is 2.48. The van der Waals surface area contributed by atoms with E-state index in [4.69, 9.17) is 4.74 Å². The SMILES string of the molecule is Cc1cc2cc(Oc3nc(Nc4cc(C5CC5)[nH]n4)cc(N4CCN(C)CC4)n3)cc(F)c2[nH]1. The third-order valence-corrected chi connectivity index (χ3v) is 6.39. The van der Waals surface area contributed by atoms with Crippen LogP contribution in [0.5, 0.6) is 11.8 Å². The van der Waals surface area contributed by atoms with Gasteiger partial charge >= 0.3 is 6.01 Å². The highest BCUT2D eigenvalue weighted by atomic mass is 19.1. The number of aromatic amines is 2. The molecule has 1 saturated heterocycles. The average molecular weight is 463 g/mol. The molecule has 2 fully saturated rings. The monoisotopic (exact) mass is 462 g/mol. The van der Waals surface area contributed by atoms with Crippen LogP contribution in [-0.4, -0.2) is 63.3 Å².